The van der Waals surface area contributed by atoms with Crippen LogP contribution in [0.5, 0.6) is 0 Å². The van der Waals surface area contributed by atoms with Crippen LogP contribution in [0.1, 0.15) is 13.3 Å². The van der Waals surface area contributed by atoms with Crippen molar-refractivity contribution in [2.75, 3.05) is 26.4 Å². The molecular weight excluding hydrogens is 244 g/mol. The first-order chi connectivity index (χ1) is 8.74. The van der Waals surface area contributed by atoms with Crippen LogP contribution < -0.4 is 5.19 Å². The minimum Gasteiger partial charge on any atom is -0.391 e. The van der Waals surface area contributed by atoms with Gasteiger partial charge in [0.15, 0.2) is 0 Å². The van der Waals surface area contributed by atoms with E-state index in [-0.39, 0.29) is 0 Å². The van der Waals surface area contributed by atoms with Gasteiger partial charge in [0.1, 0.15) is 0 Å². The van der Waals surface area contributed by atoms with Gasteiger partial charge >= 0.3 is 8.56 Å². The highest BCUT2D eigenvalue weighted by Crippen LogP contribution is 2.16. The van der Waals surface area contributed by atoms with Crippen molar-refractivity contribution in [2.45, 2.75) is 19.9 Å². The highest BCUT2D eigenvalue weighted by molar-refractivity contribution is 6.79. The van der Waals surface area contributed by atoms with Crippen LogP contribution in [0.2, 0.25) is 6.55 Å². The summed E-state index contributed by atoms with van der Waals surface area (Å²) in [6.45, 7) is 7.40. The Bertz CT molecular complexity index is 353. The van der Waals surface area contributed by atoms with Crippen LogP contribution >= 0.6 is 0 Å². The molecule has 1 fully saturated rings. The maximum atomic E-state index is 6.12. The van der Waals surface area contributed by atoms with Crippen LogP contribution in [0, 0.1) is 5.92 Å². The van der Waals surface area contributed by atoms with Gasteiger partial charge in [0.05, 0.1) is 13.2 Å². The Hall–Kier alpha value is -0.683. The summed E-state index contributed by atoms with van der Waals surface area (Å²) in [6.07, 6.45) is 1.07. The molecule has 0 N–H and O–H groups in total. The van der Waals surface area contributed by atoms with Crippen LogP contribution in [-0.2, 0) is 13.6 Å². The Labute approximate surface area is 110 Å². The van der Waals surface area contributed by atoms with Crippen LogP contribution in [0.25, 0.3) is 0 Å². The van der Waals surface area contributed by atoms with E-state index < -0.39 is 8.56 Å². The topological polar surface area (TPSA) is 27.7 Å². The molecule has 0 amide bonds. The molecule has 1 saturated heterocycles. The van der Waals surface area contributed by atoms with Gasteiger partial charge in [-0.2, -0.15) is 0 Å². The first kappa shape index (κ1) is 13.7. The quantitative estimate of drug-likeness (QED) is 0.707. The average molecular weight is 266 g/mol. The second-order valence-electron chi connectivity index (χ2n) is 4.79. The molecule has 0 aromatic heterocycles. The van der Waals surface area contributed by atoms with Crippen molar-refractivity contribution >= 4 is 13.7 Å². The number of hydrogen-bond acceptors (Lipinski definition) is 3. The van der Waals surface area contributed by atoms with E-state index in [1.54, 1.807) is 0 Å². The maximum Gasteiger partial charge on any atom is 0.369 e. The third-order valence-corrected chi connectivity index (χ3v) is 6.31. The molecule has 2 rings (SSSR count). The van der Waals surface area contributed by atoms with Crippen molar-refractivity contribution in [1.29, 1.82) is 0 Å². The lowest BCUT2D eigenvalue weighted by atomic mass is 10.1. The van der Waals surface area contributed by atoms with Crippen LogP contribution in [-0.4, -0.2) is 35.0 Å². The van der Waals surface area contributed by atoms with Gasteiger partial charge in [0.25, 0.3) is 0 Å². The van der Waals surface area contributed by atoms with Crippen molar-refractivity contribution < 1.29 is 13.6 Å². The molecule has 1 aliphatic heterocycles. The first-order valence-electron chi connectivity index (χ1n) is 6.66. The fourth-order valence-electron chi connectivity index (χ4n) is 2.10. The number of benzene rings is 1. The monoisotopic (exact) mass is 266 g/mol. The number of ether oxygens (including phenoxy) is 1. The molecule has 1 unspecified atom stereocenters. The third kappa shape index (κ3) is 3.42. The smallest absolute Gasteiger partial charge is 0.369 e. The van der Waals surface area contributed by atoms with E-state index >= 15 is 0 Å². The molecular formula is C14H22O3Si. The molecule has 1 aromatic carbocycles. The Morgan fingerprint density at radius 2 is 1.94 bits per heavy atom. The summed E-state index contributed by atoms with van der Waals surface area (Å²) < 4.78 is 17.2. The van der Waals surface area contributed by atoms with E-state index in [1.165, 1.54) is 5.19 Å². The van der Waals surface area contributed by atoms with Gasteiger partial charge in [-0.1, -0.05) is 30.3 Å². The van der Waals surface area contributed by atoms with E-state index in [0.29, 0.717) is 12.5 Å². The van der Waals surface area contributed by atoms with Gasteiger partial charge in [0.2, 0.25) is 0 Å². The molecule has 0 saturated carbocycles. The molecule has 0 bridgehead atoms. The molecule has 1 heterocycles. The standard InChI is InChI=1S/C14H22O3Si/c1-3-16-18(2,14-7-5-4-6-8-14)17-10-9-13-11-15-12-13/h4-8,13H,3,9-12H2,1-2H3. The van der Waals surface area contributed by atoms with Gasteiger partial charge in [0, 0.05) is 19.1 Å². The minimum atomic E-state index is -2.22. The lowest BCUT2D eigenvalue weighted by Gasteiger charge is -2.30. The molecule has 1 aliphatic rings. The largest absolute Gasteiger partial charge is 0.391 e. The summed E-state index contributed by atoms with van der Waals surface area (Å²) in [5.41, 5.74) is 0. The van der Waals surface area contributed by atoms with Crippen molar-refractivity contribution in [1.82, 2.24) is 0 Å². The lowest BCUT2D eigenvalue weighted by Crippen LogP contribution is -2.51. The average Bonchev–Trinajstić information content (AvgIpc) is 2.34. The Kier molecular flexibility index (Phi) is 4.94. The zero-order valence-corrected chi connectivity index (χ0v) is 12.2. The summed E-state index contributed by atoms with van der Waals surface area (Å²) in [5.74, 6) is 0.681. The van der Waals surface area contributed by atoms with Crippen molar-refractivity contribution in [2.24, 2.45) is 5.92 Å². The fraction of sp³-hybridized carbons (Fsp3) is 0.571. The van der Waals surface area contributed by atoms with Crippen molar-refractivity contribution in [3.8, 4) is 0 Å². The third-order valence-electron chi connectivity index (χ3n) is 3.33. The van der Waals surface area contributed by atoms with Crippen LogP contribution in [0.3, 0.4) is 0 Å². The van der Waals surface area contributed by atoms with E-state index in [2.05, 4.69) is 18.7 Å². The molecule has 4 heteroatoms. The lowest BCUT2D eigenvalue weighted by molar-refractivity contribution is -0.0415. The van der Waals surface area contributed by atoms with E-state index in [0.717, 1.165) is 26.2 Å². The first-order valence-corrected chi connectivity index (χ1v) is 8.97. The summed E-state index contributed by atoms with van der Waals surface area (Å²) in [5, 5.41) is 1.21. The Morgan fingerprint density at radius 3 is 2.50 bits per heavy atom. The van der Waals surface area contributed by atoms with E-state index in [4.69, 9.17) is 13.6 Å². The SMILES string of the molecule is CCO[Si](C)(OCCC1COC1)c1ccccc1. The minimum absolute atomic E-state index is 0.681. The van der Waals surface area contributed by atoms with Crippen LogP contribution in [0.15, 0.2) is 30.3 Å². The van der Waals surface area contributed by atoms with Gasteiger partial charge in [-0.25, -0.2) is 0 Å². The molecule has 18 heavy (non-hydrogen) atoms. The van der Waals surface area contributed by atoms with Crippen molar-refractivity contribution in [3.05, 3.63) is 30.3 Å². The van der Waals surface area contributed by atoms with Crippen molar-refractivity contribution in [3.63, 3.8) is 0 Å². The zero-order valence-electron chi connectivity index (χ0n) is 11.2. The highest BCUT2D eigenvalue weighted by Gasteiger charge is 2.34. The summed E-state index contributed by atoms with van der Waals surface area (Å²) in [7, 11) is -2.22. The van der Waals surface area contributed by atoms with Gasteiger partial charge in [-0.15, -0.1) is 0 Å². The molecule has 1 aromatic rings. The number of rotatable bonds is 7. The second kappa shape index (κ2) is 6.47. The summed E-state index contributed by atoms with van der Waals surface area (Å²) in [6, 6.07) is 10.3. The molecule has 0 radical (unpaired) electrons. The Balaban J connectivity index is 1.92. The molecule has 0 aliphatic carbocycles. The normalized spacial score (nSPS) is 19.2. The van der Waals surface area contributed by atoms with Gasteiger partial charge in [-0.05, 0) is 25.1 Å². The highest BCUT2D eigenvalue weighted by atomic mass is 28.4. The molecule has 0 spiro atoms. The predicted molar refractivity (Wildman–Crippen MR) is 74.2 cm³/mol. The molecule has 1 atom stereocenters. The Morgan fingerprint density at radius 1 is 1.22 bits per heavy atom. The molecule has 3 nitrogen and oxygen atoms in total. The fourth-order valence-corrected chi connectivity index (χ4v) is 4.37. The van der Waals surface area contributed by atoms with Gasteiger partial charge < -0.3 is 13.6 Å². The van der Waals surface area contributed by atoms with E-state index in [1.807, 2.05) is 25.1 Å². The zero-order chi connectivity index (χ0) is 12.8. The number of hydrogen-bond donors (Lipinski definition) is 0. The maximum absolute atomic E-state index is 6.12. The second-order valence-corrected chi connectivity index (χ2v) is 7.83. The van der Waals surface area contributed by atoms with Crippen LogP contribution in [0.4, 0.5) is 0 Å². The predicted octanol–water partition coefficient (Wildman–Crippen LogP) is 2.06. The summed E-state index contributed by atoms with van der Waals surface area (Å²) >= 11 is 0. The summed E-state index contributed by atoms with van der Waals surface area (Å²) in [4.78, 5) is 0. The van der Waals surface area contributed by atoms with E-state index in [9.17, 15) is 0 Å². The van der Waals surface area contributed by atoms with Gasteiger partial charge in [-0.3, -0.25) is 0 Å². The molecule has 100 valence electrons.